The summed E-state index contributed by atoms with van der Waals surface area (Å²) < 4.78 is 69.6. The van der Waals surface area contributed by atoms with Gasteiger partial charge in [-0.2, -0.15) is 8.78 Å². The van der Waals surface area contributed by atoms with Crippen LogP contribution in [0.3, 0.4) is 0 Å². The molecule has 2 amide bonds. The van der Waals surface area contributed by atoms with Gasteiger partial charge in [0, 0.05) is 30.9 Å². The molecule has 1 aliphatic carbocycles. The van der Waals surface area contributed by atoms with Gasteiger partial charge in [0.25, 0.3) is 5.91 Å². The van der Waals surface area contributed by atoms with Crippen LogP contribution in [0.15, 0.2) is 48.5 Å². The maximum absolute atomic E-state index is 13.0. The first-order valence-corrected chi connectivity index (χ1v) is 12.3. The van der Waals surface area contributed by atoms with E-state index < -0.39 is 24.8 Å². The van der Waals surface area contributed by atoms with Gasteiger partial charge in [0.2, 0.25) is 5.91 Å². The van der Waals surface area contributed by atoms with Crippen molar-refractivity contribution in [3.63, 3.8) is 0 Å². The second-order valence-corrected chi connectivity index (χ2v) is 8.91. The summed E-state index contributed by atoms with van der Waals surface area (Å²) in [5.41, 5.74) is 0.820. The molecule has 38 heavy (non-hydrogen) atoms. The smallest absolute Gasteiger partial charge is 0.435 e. The number of carbonyl (C=O) groups excluding carboxylic acids is 2. The second kappa shape index (κ2) is 13.8. The summed E-state index contributed by atoms with van der Waals surface area (Å²) in [5.74, 6) is -1.35. The first-order valence-electron chi connectivity index (χ1n) is 12.3. The van der Waals surface area contributed by atoms with Gasteiger partial charge in [-0.1, -0.05) is 19.3 Å². The molecule has 2 aromatic rings. The number of hydrogen-bond donors (Lipinski definition) is 3. The SMILES string of the molecule is O=C(NCC(C(=O)NCCNc1ccc(OC(F)(F)F)cc1)C1CCCCC1)c1ccc(OC(F)F)cc1. The Morgan fingerprint density at radius 3 is 2.11 bits per heavy atom. The van der Waals surface area contributed by atoms with E-state index in [2.05, 4.69) is 25.4 Å². The zero-order valence-electron chi connectivity index (χ0n) is 20.5. The summed E-state index contributed by atoms with van der Waals surface area (Å²) in [5, 5.41) is 8.67. The number of carbonyl (C=O) groups is 2. The monoisotopic (exact) mass is 543 g/mol. The Balaban J connectivity index is 1.49. The lowest BCUT2D eigenvalue weighted by Gasteiger charge is -2.29. The van der Waals surface area contributed by atoms with E-state index >= 15 is 0 Å². The van der Waals surface area contributed by atoms with Gasteiger partial charge in [0.1, 0.15) is 11.5 Å². The van der Waals surface area contributed by atoms with E-state index in [0.29, 0.717) is 12.2 Å². The van der Waals surface area contributed by atoms with E-state index in [0.717, 1.165) is 32.1 Å². The Hall–Kier alpha value is -3.57. The molecular formula is C26H30F5N3O4. The van der Waals surface area contributed by atoms with Gasteiger partial charge in [-0.15, -0.1) is 13.2 Å². The van der Waals surface area contributed by atoms with Gasteiger partial charge in [0.05, 0.1) is 5.92 Å². The van der Waals surface area contributed by atoms with Crippen LogP contribution in [-0.4, -0.2) is 44.4 Å². The normalized spacial score (nSPS) is 15.0. The van der Waals surface area contributed by atoms with Crippen LogP contribution in [0.5, 0.6) is 11.5 Å². The molecule has 3 N–H and O–H groups in total. The Labute approximate surface area is 217 Å². The Morgan fingerprint density at radius 1 is 0.868 bits per heavy atom. The number of halogens is 5. The maximum Gasteiger partial charge on any atom is 0.573 e. The summed E-state index contributed by atoms with van der Waals surface area (Å²) in [7, 11) is 0. The van der Waals surface area contributed by atoms with Crippen molar-refractivity contribution in [3.8, 4) is 11.5 Å². The van der Waals surface area contributed by atoms with Gasteiger partial charge in [-0.25, -0.2) is 0 Å². The van der Waals surface area contributed by atoms with Crippen LogP contribution in [-0.2, 0) is 4.79 Å². The fraction of sp³-hybridized carbons (Fsp3) is 0.462. The van der Waals surface area contributed by atoms with Crippen LogP contribution in [0.1, 0.15) is 42.5 Å². The first-order chi connectivity index (χ1) is 18.1. The van der Waals surface area contributed by atoms with Gasteiger partial charge < -0.3 is 25.4 Å². The quantitative estimate of drug-likeness (QED) is 0.249. The van der Waals surface area contributed by atoms with Gasteiger partial charge in [-0.05, 0) is 67.3 Å². The number of ether oxygens (including phenoxy) is 2. The van der Waals surface area contributed by atoms with E-state index in [1.807, 2.05) is 0 Å². The Bertz CT molecular complexity index is 1030. The lowest BCUT2D eigenvalue weighted by molar-refractivity contribution is -0.274. The molecule has 0 aliphatic heterocycles. The van der Waals surface area contributed by atoms with Crippen LogP contribution in [0, 0.1) is 11.8 Å². The van der Waals surface area contributed by atoms with Crippen molar-refractivity contribution >= 4 is 17.5 Å². The highest BCUT2D eigenvalue weighted by Gasteiger charge is 2.31. The summed E-state index contributed by atoms with van der Waals surface area (Å²) in [6.45, 7) is -2.23. The molecule has 1 unspecified atom stereocenters. The average Bonchev–Trinajstić information content (AvgIpc) is 2.87. The van der Waals surface area contributed by atoms with E-state index in [4.69, 9.17) is 0 Å². The third-order valence-electron chi connectivity index (χ3n) is 6.22. The lowest BCUT2D eigenvalue weighted by Crippen LogP contribution is -2.44. The van der Waals surface area contributed by atoms with Gasteiger partial charge >= 0.3 is 13.0 Å². The average molecular weight is 544 g/mol. The fourth-order valence-electron chi connectivity index (χ4n) is 4.40. The molecule has 0 radical (unpaired) electrons. The van der Waals surface area contributed by atoms with E-state index in [9.17, 15) is 31.5 Å². The number of benzene rings is 2. The molecule has 1 fully saturated rings. The molecule has 208 valence electrons. The Morgan fingerprint density at radius 2 is 1.50 bits per heavy atom. The zero-order chi connectivity index (χ0) is 27.5. The standard InChI is InChI=1S/C26H30F5N3O4/c27-25(28)37-20-10-6-18(7-11-20)23(35)34-16-22(17-4-2-1-3-5-17)24(36)33-15-14-32-19-8-12-21(13-9-19)38-26(29,30)31/h6-13,17,22,25,32H,1-5,14-16H2,(H,33,36)(H,34,35). The lowest BCUT2D eigenvalue weighted by atomic mass is 9.79. The number of rotatable bonds is 12. The van der Waals surface area contributed by atoms with E-state index in [1.54, 1.807) is 0 Å². The first kappa shape index (κ1) is 29.0. The molecule has 2 aromatic carbocycles. The number of hydrogen-bond acceptors (Lipinski definition) is 5. The minimum atomic E-state index is -4.76. The molecule has 7 nitrogen and oxygen atoms in total. The van der Waals surface area contributed by atoms with Gasteiger partial charge in [-0.3, -0.25) is 9.59 Å². The summed E-state index contributed by atoms with van der Waals surface area (Å²) in [6.07, 6.45) is 0.0915. The van der Waals surface area contributed by atoms with Crippen molar-refractivity contribution in [1.29, 1.82) is 0 Å². The van der Waals surface area contributed by atoms with Crippen LogP contribution in [0.4, 0.5) is 27.6 Å². The van der Waals surface area contributed by atoms with Crippen LogP contribution < -0.4 is 25.4 Å². The molecule has 1 saturated carbocycles. The maximum atomic E-state index is 13.0. The van der Waals surface area contributed by atoms with Crippen LogP contribution in [0.2, 0.25) is 0 Å². The van der Waals surface area contributed by atoms with Crippen LogP contribution in [0.25, 0.3) is 0 Å². The van der Waals surface area contributed by atoms with E-state index in [1.165, 1.54) is 48.5 Å². The molecule has 0 saturated heterocycles. The van der Waals surface area contributed by atoms with Crippen molar-refractivity contribution in [2.24, 2.45) is 11.8 Å². The van der Waals surface area contributed by atoms with Crippen molar-refractivity contribution < 1.29 is 41.0 Å². The molecule has 12 heteroatoms. The molecule has 0 bridgehead atoms. The molecule has 1 atom stereocenters. The van der Waals surface area contributed by atoms with Gasteiger partial charge in [0.15, 0.2) is 0 Å². The van der Waals surface area contributed by atoms with E-state index in [-0.39, 0.29) is 42.0 Å². The third-order valence-corrected chi connectivity index (χ3v) is 6.22. The highest BCUT2D eigenvalue weighted by molar-refractivity contribution is 5.94. The number of amides is 2. The number of nitrogens with one attached hydrogen (secondary N) is 3. The topological polar surface area (TPSA) is 88.7 Å². The second-order valence-electron chi connectivity index (χ2n) is 8.91. The highest BCUT2D eigenvalue weighted by atomic mass is 19.4. The number of alkyl halides is 5. The Kier molecular flexibility index (Phi) is 10.5. The minimum Gasteiger partial charge on any atom is -0.435 e. The third kappa shape index (κ3) is 9.71. The fourth-order valence-corrected chi connectivity index (χ4v) is 4.40. The summed E-state index contributed by atoms with van der Waals surface area (Å²) >= 11 is 0. The van der Waals surface area contributed by atoms with Crippen LogP contribution >= 0.6 is 0 Å². The highest BCUT2D eigenvalue weighted by Crippen LogP contribution is 2.30. The molecule has 0 spiro atoms. The number of anilines is 1. The minimum absolute atomic E-state index is 0.0600. The molecule has 1 aliphatic rings. The molecule has 3 rings (SSSR count). The molecular weight excluding hydrogens is 513 g/mol. The molecule has 0 heterocycles. The van der Waals surface area contributed by atoms with Crippen molar-refractivity contribution in [2.75, 3.05) is 25.0 Å². The zero-order valence-corrected chi connectivity index (χ0v) is 20.5. The van der Waals surface area contributed by atoms with Crippen molar-refractivity contribution in [3.05, 3.63) is 54.1 Å². The molecule has 0 aromatic heterocycles. The summed E-state index contributed by atoms with van der Waals surface area (Å²) in [6, 6.07) is 10.6. The summed E-state index contributed by atoms with van der Waals surface area (Å²) in [4.78, 5) is 25.6. The predicted octanol–water partition coefficient (Wildman–Crippen LogP) is 5.34. The van der Waals surface area contributed by atoms with Crippen molar-refractivity contribution in [2.45, 2.75) is 45.1 Å². The predicted molar refractivity (Wildman–Crippen MR) is 130 cm³/mol. The largest absolute Gasteiger partial charge is 0.573 e. The van der Waals surface area contributed by atoms with Crippen molar-refractivity contribution in [1.82, 2.24) is 10.6 Å².